The normalized spacial score (nSPS) is 10.8. The van der Waals surface area contributed by atoms with Crippen molar-refractivity contribution in [1.82, 2.24) is 9.91 Å². The second-order valence-corrected chi connectivity index (χ2v) is 2.92. The molecule has 0 rings (SSSR count). The maximum absolute atomic E-state index is 11.9. The summed E-state index contributed by atoms with van der Waals surface area (Å²) in [6.45, 7) is -2.76. The van der Waals surface area contributed by atoms with Gasteiger partial charge in [-0.25, -0.2) is 20.3 Å². The molecule has 0 unspecified atom stereocenters. The smallest absolute Gasteiger partial charge is 0.368 e. The third-order valence-corrected chi connectivity index (χ3v) is 1.41. The van der Waals surface area contributed by atoms with Gasteiger partial charge in [-0.15, -0.1) is 0 Å². The quantitative estimate of drug-likeness (QED) is 0.329. The average molecular weight is 257 g/mol. The molecule has 0 aromatic rings. The summed E-state index contributed by atoms with van der Waals surface area (Å²) in [6, 6.07) is -3.01. The topological polar surface area (TPSA) is 136 Å². The monoisotopic (exact) mass is 257 g/mol. The van der Waals surface area contributed by atoms with Gasteiger partial charge in [0.2, 0.25) is 5.91 Å². The lowest BCUT2D eigenvalue weighted by Crippen LogP contribution is -2.55. The second kappa shape index (κ2) is 5.34. The van der Waals surface area contributed by atoms with Crippen LogP contribution in [0.15, 0.2) is 0 Å². The summed E-state index contributed by atoms with van der Waals surface area (Å²) in [5.74, 6) is 3.65. The molecule has 0 aromatic heterocycles. The summed E-state index contributed by atoms with van der Waals surface area (Å²) in [5, 5.41) is -0.298. The summed E-state index contributed by atoms with van der Waals surface area (Å²) in [7, 11) is 0. The van der Waals surface area contributed by atoms with Crippen molar-refractivity contribution in [1.29, 1.82) is 0 Å². The number of rotatable bonds is 3. The Morgan fingerprint density at radius 1 is 1.12 bits per heavy atom. The fraction of sp³-hybridized carbons (Fsp3) is 0.500. The van der Waals surface area contributed by atoms with Gasteiger partial charge in [-0.3, -0.25) is 9.80 Å². The van der Waals surface area contributed by atoms with Gasteiger partial charge in [-0.05, 0) is 0 Å². The third-order valence-electron chi connectivity index (χ3n) is 1.41. The Balaban J connectivity index is 4.73. The fourth-order valence-electron chi connectivity index (χ4n) is 0.811. The number of hydrogen-bond acceptors (Lipinski definition) is 4. The first-order valence-electron chi connectivity index (χ1n) is 4.03. The van der Waals surface area contributed by atoms with Crippen molar-refractivity contribution < 1.29 is 27.6 Å². The summed E-state index contributed by atoms with van der Waals surface area (Å²) in [4.78, 5) is 32.4. The Bertz CT molecular complexity index is 331. The van der Waals surface area contributed by atoms with Crippen LogP contribution in [0.3, 0.4) is 0 Å². The zero-order valence-corrected chi connectivity index (χ0v) is 8.40. The molecule has 8 nitrogen and oxygen atoms in total. The molecular formula is C6H10F3N5O3. The van der Waals surface area contributed by atoms with Gasteiger partial charge < -0.3 is 11.5 Å². The van der Waals surface area contributed by atoms with E-state index < -0.39 is 37.2 Å². The molecule has 0 fully saturated rings. The van der Waals surface area contributed by atoms with Gasteiger partial charge >= 0.3 is 18.2 Å². The summed E-state index contributed by atoms with van der Waals surface area (Å²) in [5.41, 5.74) is 9.36. The lowest BCUT2D eigenvalue weighted by atomic mass is 10.5. The largest absolute Gasteiger partial charge is 0.407 e. The van der Waals surface area contributed by atoms with Crippen molar-refractivity contribution in [3.05, 3.63) is 0 Å². The minimum absolute atomic E-state index is 0.00588. The highest BCUT2D eigenvalue weighted by Gasteiger charge is 2.34. The zero-order valence-electron chi connectivity index (χ0n) is 8.40. The number of hydrogen-bond donors (Lipinski definition) is 3. The van der Waals surface area contributed by atoms with Crippen LogP contribution in [0.4, 0.5) is 22.8 Å². The Morgan fingerprint density at radius 2 is 1.59 bits per heavy atom. The van der Waals surface area contributed by atoms with E-state index >= 15 is 0 Å². The number of urea groups is 2. The van der Waals surface area contributed by atoms with Gasteiger partial charge in [0, 0.05) is 0 Å². The van der Waals surface area contributed by atoms with Crippen molar-refractivity contribution in [2.75, 3.05) is 13.1 Å². The number of nitrogens with two attached hydrogens (primary N) is 3. The van der Waals surface area contributed by atoms with E-state index in [0.29, 0.717) is 0 Å². The molecule has 6 N–H and O–H groups in total. The fourth-order valence-corrected chi connectivity index (χ4v) is 0.811. The highest BCUT2D eigenvalue weighted by atomic mass is 19.4. The van der Waals surface area contributed by atoms with Crippen LogP contribution in [0.1, 0.15) is 0 Å². The Morgan fingerprint density at radius 3 is 1.88 bits per heavy atom. The Labute approximate surface area is 93.1 Å². The number of alkyl halides is 3. The van der Waals surface area contributed by atoms with E-state index in [9.17, 15) is 27.6 Å². The predicted octanol–water partition coefficient (Wildman–Crippen LogP) is -1.29. The third kappa shape index (κ3) is 5.55. The maximum Gasteiger partial charge on any atom is 0.407 e. The lowest BCUT2D eigenvalue weighted by Gasteiger charge is -2.24. The molecule has 11 heteroatoms. The molecule has 0 aliphatic carbocycles. The Kier molecular flexibility index (Phi) is 4.70. The molecule has 0 spiro atoms. The zero-order chi connectivity index (χ0) is 13.8. The van der Waals surface area contributed by atoms with E-state index in [0.717, 1.165) is 0 Å². The highest BCUT2D eigenvalue weighted by molar-refractivity contribution is 5.96. The van der Waals surface area contributed by atoms with Crippen LogP contribution in [-0.4, -0.2) is 47.1 Å². The highest BCUT2D eigenvalue weighted by Crippen LogP contribution is 2.15. The molecule has 0 radical (unpaired) electrons. The molecule has 0 aliphatic rings. The van der Waals surface area contributed by atoms with Crippen LogP contribution in [0, 0.1) is 0 Å². The van der Waals surface area contributed by atoms with E-state index in [2.05, 4.69) is 11.5 Å². The van der Waals surface area contributed by atoms with Crippen LogP contribution in [-0.2, 0) is 4.79 Å². The van der Waals surface area contributed by atoms with Gasteiger partial charge in [0.1, 0.15) is 13.1 Å². The minimum atomic E-state index is -4.75. The number of carbonyl (C=O) groups is 3. The molecular weight excluding hydrogens is 247 g/mol. The molecule has 0 heterocycles. The molecule has 0 aliphatic heterocycles. The van der Waals surface area contributed by atoms with Crippen molar-refractivity contribution in [3.63, 3.8) is 0 Å². The van der Waals surface area contributed by atoms with Crippen molar-refractivity contribution >= 4 is 18.0 Å². The first-order valence-corrected chi connectivity index (χ1v) is 4.03. The number of carbonyl (C=O) groups excluding carboxylic acids is 3. The summed E-state index contributed by atoms with van der Waals surface area (Å²) >= 11 is 0. The SMILES string of the molecule is NC(=O)CN(C(N)=O)C(=O)N(N)CC(F)(F)F. The van der Waals surface area contributed by atoms with Crippen molar-refractivity contribution in [2.45, 2.75) is 6.18 Å². The van der Waals surface area contributed by atoms with Crippen molar-refractivity contribution in [3.8, 4) is 0 Å². The van der Waals surface area contributed by atoms with E-state index in [1.165, 1.54) is 0 Å². The minimum Gasteiger partial charge on any atom is -0.368 e. The summed E-state index contributed by atoms with van der Waals surface area (Å²) < 4.78 is 35.7. The summed E-state index contributed by atoms with van der Waals surface area (Å²) in [6.07, 6.45) is -4.75. The van der Waals surface area contributed by atoms with Gasteiger partial charge in [0.25, 0.3) is 0 Å². The molecule has 0 aromatic carbocycles. The number of imide groups is 1. The number of nitrogens with zero attached hydrogens (tertiary/aromatic N) is 2. The molecule has 5 amide bonds. The number of amides is 5. The van der Waals surface area contributed by atoms with E-state index in [-0.39, 0.29) is 9.91 Å². The van der Waals surface area contributed by atoms with Crippen LogP contribution < -0.4 is 17.3 Å². The van der Waals surface area contributed by atoms with E-state index in [1.807, 2.05) is 0 Å². The van der Waals surface area contributed by atoms with Gasteiger partial charge in [-0.1, -0.05) is 0 Å². The van der Waals surface area contributed by atoms with Crippen LogP contribution in [0.5, 0.6) is 0 Å². The number of primary amides is 2. The first kappa shape index (κ1) is 15.0. The molecule has 0 bridgehead atoms. The molecule has 0 atom stereocenters. The van der Waals surface area contributed by atoms with Crippen LogP contribution in [0.25, 0.3) is 0 Å². The molecule has 0 saturated heterocycles. The van der Waals surface area contributed by atoms with Gasteiger partial charge in [-0.2, -0.15) is 13.2 Å². The average Bonchev–Trinajstić information content (AvgIpc) is 2.09. The van der Waals surface area contributed by atoms with Gasteiger partial charge in [0.05, 0.1) is 0 Å². The van der Waals surface area contributed by atoms with Crippen LogP contribution >= 0.6 is 0 Å². The standard InChI is InChI=1S/C6H10F3N5O3/c7-6(8,9)2-14(12)5(17)13(4(11)16)1-3(10)15/h1-2,12H2,(H2,10,15)(H2,11,16). The van der Waals surface area contributed by atoms with Crippen LogP contribution in [0.2, 0.25) is 0 Å². The maximum atomic E-state index is 11.9. The van der Waals surface area contributed by atoms with Gasteiger partial charge in [0.15, 0.2) is 0 Å². The Hall–Kier alpha value is -2.04. The predicted molar refractivity (Wildman–Crippen MR) is 47.8 cm³/mol. The first-order chi connectivity index (χ1) is 7.54. The lowest BCUT2D eigenvalue weighted by molar-refractivity contribution is -0.141. The molecule has 17 heavy (non-hydrogen) atoms. The molecule has 0 saturated carbocycles. The number of halogens is 3. The van der Waals surface area contributed by atoms with E-state index in [1.54, 1.807) is 0 Å². The second-order valence-electron chi connectivity index (χ2n) is 2.92. The number of hydrazine groups is 1. The molecule has 98 valence electrons. The van der Waals surface area contributed by atoms with E-state index in [4.69, 9.17) is 5.84 Å². The van der Waals surface area contributed by atoms with Crippen molar-refractivity contribution in [2.24, 2.45) is 17.3 Å².